The highest BCUT2D eigenvalue weighted by atomic mass is 35.5. The number of amides is 1. The number of hydrogen-bond acceptors (Lipinski definition) is 3. The number of carbonyl (C=O) groups is 1. The van der Waals surface area contributed by atoms with Gasteiger partial charge in [-0.2, -0.15) is 0 Å². The van der Waals surface area contributed by atoms with Gasteiger partial charge in [-0.05, 0) is 42.8 Å². The Kier molecular flexibility index (Phi) is 4.94. The average molecular weight is 325 g/mol. The summed E-state index contributed by atoms with van der Waals surface area (Å²) in [5, 5.41) is 3.60. The normalized spacial score (nSPS) is 10.2. The lowest BCUT2D eigenvalue weighted by atomic mass is 10.2. The van der Waals surface area contributed by atoms with Gasteiger partial charge in [-0.3, -0.25) is 4.79 Å². The molecule has 6 heteroatoms. The fraction of sp³-hybridized carbons (Fsp3) is 0.133. The number of rotatable bonds is 4. The zero-order valence-corrected chi connectivity index (χ0v) is 12.8. The summed E-state index contributed by atoms with van der Waals surface area (Å²) in [6, 6.07) is 10.1. The summed E-state index contributed by atoms with van der Waals surface area (Å²) in [6.45, 7) is 1.72. The number of aryl methyl sites for hydroxylation is 1. The predicted molar refractivity (Wildman–Crippen MR) is 86.2 cm³/mol. The molecule has 0 saturated carbocycles. The van der Waals surface area contributed by atoms with Crippen molar-refractivity contribution in [3.63, 3.8) is 0 Å². The average Bonchev–Trinajstić information content (AvgIpc) is 2.42. The third-order valence-corrected chi connectivity index (χ3v) is 3.32. The van der Waals surface area contributed by atoms with E-state index in [1.165, 1.54) is 0 Å². The van der Waals surface area contributed by atoms with Gasteiger partial charge in [-0.25, -0.2) is 0 Å². The van der Waals surface area contributed by atoms with E-state index in [-0.39, 0.29) is 12.5 Å². The molecule has 2 aromatic carbocycles. The Morgan fingerprint density at radius 1 is 1.24 bits per heavy atom. The smallest absolute Gasteiger partial charge is 0.262 e. The molecule has 2 aromatic rings. The second kappa shape index (κ2) is 6.70. The lowest BCUT2D eigenvalue weighted by Crippen LogP contribution is -2.20. The van der Waals surface area contributed by atoms with Crippen molar-refractivity contribution < 1.29 is 9.53 Å². The molecule has 0 spiro atoms. The molecule has 0 aliphatic heterocycles. The molecular formula is C15H14Cl2N2O2. The van der Waals surface area contributed by atoms with E-state index in [2.05, 4.69) is 5.32 Å². The highest BCUT2D eigenvalue weighted by Gasteiger charge is 2.08. The van der Waals surface area contributed by atoms with E-state index in [4.69, 9.17) is 33.7 Å². The first-order chi connectivity index (χ1) is 9.95. The highest BCUT2D eigenvalue weighted by Crippen LogP contribution is 2.27. The second-order valence-corrected chi connectivity index (χ2v) is 5.33. The van der Waals surface area contributed by atoms with E-state index in [9.17, 15) is 4.79 Å². The third-order valence-electron chi connectivity index (χ3n) is 2.79. The second-order valence-electron chi connectivity index (χ2n) is 4.49. The fourth-order valence-corrected chi connectivity index (χ4v) is 2.16. The monoisotopic (exact) mass is 324 g/mol. The number of carbonyl (C=O) groups excluding carboxylic acids is 1. The van der Waals surface area contributed by atoms with Crippen LogP contribution >= 0.6 is 23.2 Å². The number of ether oxygens (including phenoxy) is 1. The Hall–Kier alpha value is -1.91. The van der Waals surface area contributed by atoms with Crippen LogP contribution in [0.5, 0.6) is 5.75 Å². The van der Waals surface area contributed by atoms with Crippen LogP contribution in [0.4, 0.5) is 11.4 Å². The Morgan fingerprint density at radius 2 is 2.00 bits per heavy atom. The maximum atomic E-state index is 11.9. The minimum atomic E-state index is -0.297. The van der Waals surface area contributed by atoms with Crippen LogP contribution in [0, 0.1) is 6.92 Å². The van der Waals surface area contributed by atoms with Crippen molar-refractivity contribution in [1.82, 2.24) is 0 Å². The van der Waals surface area contributed by atoms with E-state index in [0.29, 0.717) is 27.2 Å². The number of nitrogen functional groups attached to an aromatic ring is 1. The zero-order valence-electron chi connectivity index (χ0n) is 11.3. The molecule has 0 aromatic heterocycles. The molecule has 0 radical (unpaired) electrons. The molecule has 0 unspecified atom stereocenters. The Labute approximate surface area is 132 Å². The molecular weight excluding hydrogens is 311 g/mol. The first-order valence-corrected chi connectivity index (χ1v) is 6.95. The maximum Gasteiger partial charge on any atom is 0.262 e. The van der Waals surface area contributed by atoms with E-state index in [1.54, 1.807) is 30.3 Å². The van der Waals surface area contributed by atoms with Gasteiger partial charge in [0.1, 0.15) is 5.75 Å². The maximum absolute atomic E-state index is 11.9. The lowest BCUT2D eigenvalue weighted by molar-refractivity contribution is -0.118. The van der Waals surface area contributed by atoms with Crippen LogP contribution in [0.25, 0.3) is 0 Å². The summed E-state index contributed by atoms with van der Waals surface area (Å²) in [6.07, 6.45) is 0. The van der Waals surface area contributed by atoms with Crippen LogP contribution in [0.3, 0.4) is 0 Å². The van der Waals surface area contributed by atoms with Crippen molar-refractivity contribution >= 4 is 40.5 Å². The van der Waals surface area contributed by atoms with Gasteiger partial charge in [0.05, 0.1) is 5.02 Å². The molecule has 3 N–H and O–H groups in total. The summed E-state index contributed by atoms with van der Waals surface area (Å²) >= 11 is 11.7. The van der Waals surface area contributed by atoms with Crippen molar-refractivity contribution in [3.05, 3.63) is 52.0 Å². The number of hydrogen-bond donors (Lipinski definition) is 2. The SMILES string of the molecule is Cc1ccc(N)cc1NC(=O)COc1ccc(Cl)cc1Cl. The molecule has 2 rings (SSSR count). The summed E-state index contributed by atoms with van der Waals surface area (Å²) in [5.41, 5.74) is 7.85. The molecule has 110 valence electrons. The first-order valence-electron chi connectivity index (χ1n) is 6.19. The number of halogens is 2. The Balaban J connectivity index is 1.97. The molecule has 4 nitrogen and oxygen atoms in total. The van der Waals surface area contributed by atoms with Gasteiger partial charge in [0.15, 0.2) is 6.61 Å². The van der Waals surface area contributed by atoms with Crippen LogP contribution in [0.1, 0.15) is 5.56 Å². The standard InChI is InChI=1S/C15H14Cl2N2O2/c1-9-2-4-11(18)7-13(9)19-15(20)8-21-14-5-3-10(16)6-12(14)17/h2-7H,8,18H2,1H3,(H,19,20). The predicted octanol–water partition coefficient (Wildman–Crippen LogP) is 3.90. The van der Waals surface area contributed by atoms with Crippen molar-refractivity contribution in [1.29, 1.82) is 0 Å². The molecule has 0 saturated heterocycles. The molecule has 0 aliphatic carbocycles. The minimum absolute atomic E-state index is 0.157. The van der Waals surface area contributed by atoms with Crippen LogP contribution in [-0.4, -0.2) is 12.5 Å². The van der Waals surface area contributed by atoms with Crippen LogP contribution in [0.2, 0.25) is 10.0 Å². The summed E-state index contributed by atoms with van der Waals surface area (Å²) in [4.78, 5) is 11.9. The number of nitrogens with two attached hydrogens (primary N) is 1. The first kappa shape index (κ1) is 15.5. The molecule has 0 atom stereocenters. The van der Waals surface area contributed by atoms with Crippen molar-refractivity contribution in [2.75, 3.05) is 17.7 Å². The van der Waals surface area contributed by atoms with E-state index in [1.807, 2.05) is 13.0 Å². The highest BCUT2D eigenvalue weighted by molar-refractivity contribution is 6.35. The summed E-state index contributed by atoms with van der Waals surface area (Å²) in [7, 11) is 0. The van der Waals surface area contributed by atoms with E-state index in [0.717, 1.165) is 5.56 Å². The zero-order chi connectivity index (χ0) is 15.4. The fourth-order valence-electron chi connectivity index (χ4n) is 1.70. The Bertz CT molecular complexity index is 675. The van der Waals surface area contributed by atoms with Crippen LogP contribution in [0.15, 0.2) is 36.4 Å². The van der Waals surface area contributed by atoms with Crippen LogP contribution < -0.4 is 15.8 Å². The van der Waals surface area contributed by atoms with Gasteiger partial charge in [0, 0.05) is 16.4 Å². The third kappa shape index (κ3) is 4.28. The van der Waals surface area contributed by atoms with Crippen molar-refractivity contribution in [2.45, 2.75) is 6.92 Å². The van der Waals surface area contributed by atoms with E-state index >= 15 is 0 Å². The molecule has 0 aliphatic rings. The molecule has 0 fully saturated rings. The molecule has 0 bridgehead atoms. The van der Waals surface area contributed by atoms with Gasteiger partial charge >= 0.3 is 0 Å². The largest absolute Gasteiger partial charge is 0.482 e. The van der Waals surface area contributed by atoms with Crippen LogP contribution in [-0.2, 0) is 4.79 Å². The van der Waals surface area contributed by atoms with Gasteiger partial charge < -0.3 is 15.8 Å². The molecule has 21 heavy (non-hydrogen) atoms. The summed E-state index contributed by atoms with van der Waals surface area (Å²) in [5.74, 6) is 0.107. The van der Waals surface area contributed by atoms with Crippen molar-refractivity contribution in [2.24, 2.45) is 0 Å². The number of benzene rings is 2. The van der Waals surface area contributed by atoms with Gasteiger partial charge in [-0.15, -0.1) is 0 Å². The minimum Gasteiger partial charge on any atom is -0.482 e. The molecule has 0 heterocycles. The lowest BCUT2D eigenvalue weighted by Gasteiger charge is -2.11. The quantitative estimate of drug-likeness (QED) is 0.838. The topological polar surface area (TPSA) is 64.3 Å². The van der Waals surface area contributed by atoms with Crippen molar-refractivity contribution in [3.8, 4) is 5.75 Å². The van der Waals surface area contributed by atoms with E-state index < -0.39 is 0 Å². The Morgan fingerprint density at radius 3 is 2.71 bits per heavy atom. The number of anilines is 2. The van der Waals surface area contributed by atoms with Gasteiger partial charge in [0.25, 0.3) is 5.91 Å². The molecule has 1 amide bonds. The number of nitrogens with one attached hydrogen (secondary N) is 1. The summed E-state index contributed by atoms with van der Waals surface area (Å²) < 4.78 is 5.36. The van der Waals surface area contributed by atoms with Gasteiger partial charge in [-0.1, -0.05) is 29.3 Å². The van der Waals surface area contributed by atoms with Gasteiger partial charge in [0.2, 0.25) is 0 Å².